The molecule has 0 spiro atoms. The Balaban J connectivity index is 1.55. The van der Waals surface area contributed by atoms with E-state index in [1.165, 1.54) is 18.2 Å². The minimum absolute atomic E-state index is 0.0319. The number of H-pyrrole nitrogens is 1. The van der Waals surface area contributed by atoms with E-state index < -0.39 is 25.5 Å². The highest BCUT2D eigenvalue weighted by atomic mass is 35.5. The highest BCUT2D eigenvalue weighted by molar-refractivity contribution is 6.83. The first-order chi connectivity index (χ1) is 14.9. The summed E-state index contributed by atoms with van der Waals surface area (Å²) in [6, 6.07) is 3.40. The molecule has 0 atom stereocenters. The number of carbonyl (C=O) groups excluding carboxylic acids is 2. The number of anilines is 2. The van der Waals surface area contributed by atoms with E-state index in [4.69, 9.17) is 11.6 Å². The smallest absolute Gasteiger partial charge is 0.309 e. The van der Waals surface area contributed by atoms with Crippen LogP contribution in [-0.2, 0) is 16.9 Å². The van der Waals surface area contributed by atoms with Gasteiger partial charge in [-0.1, -0.05) is 37.7 Å². The molecule has 1 aliphatic heterocycles. The zero-order valence-corrected chi connectivity index (χ0v) is 20.8. The third kappa shape index (κ3) is 3.51. The van der Waals surface area contributed by atoms with Crippen molar-refractivity contribution in [2.24, 2.45) is 0 Å². The number of amides is 3. The van der Waals surface area contributed by atoms with Crippen molar-refractivity contribution < 1.29 is 14.0 Å². The van der Waals surface area contributed by atoms with Crippen LogP contribution in [0.5, 0.6) is 0 Å². The zero-order valence-electron chi connectivity index (χ0n) is 19.0. The fourth-order valence-electron chi connectivity index (χ4n) is 4.80. The number of aromatic nitrogens is 2. The van der Waals surface area contributed by atoms with E-state index in [0.29, 0.717) is 5.82 Å². The number of halogens is 2. The molecule has 32 heavy (non-hydrogen) atoms. The SMILES string of the molecule is CC1(C)c2[nH]nc(NC(=O)C3([Si](C)(C)C)CCC3)c2CN1C(=O)Nc1cc(F)ccc1Cl. The first-order valence-electron chi connectivity index (χ1n) is 10.8. The molecule has 3 N–H and O–H groups in total. The maximum Gasteiger partial charge on any atom is 0.322 e. The number of nitrogens with zero attached hydrogens (tertiary/aromatic N) is 2. The summed E-state index contributed by atoms with van der Waals surface area (Å²) in [7, 11) is -1.73. The highest BCUT2D eigenvalue weighted by Gasteiger charge is 2.54. The summed E-state index contributed by atoms with van der Waals surface area (Å²) < 4.78 is 13.6. The summed E-state index contributed by atoms with van der Waals surface area (Å²) >= 11 is 6.11. The van der Waals surface area contributed by atoms with E-state index in [-0.39, 0.29) is 28.2 Å². The van der Waals surface area contributed by atoms with E-state index >= 15 is 0 Å². The fourth-order valence-corrected chi connectivity index (χ4v) is 7.56. The summed E-state index contributed by atoms with van der Waals surface area (Å²) in [6.07, 6.45) is 2.89. The van der Waals surface area contributed by atoms with Gasteiger partial charge in [0.05, 0.1) is 36.6 Å². The number of aromatic amines is 1. The van der Waals surface area contributed by atoms with Crippen LogP contribution in [0.1, 0.15) is 44.4 Å². The van der Waals surface area contributed by atoms with Gasteiger partial charge in [-0.25, -0.2) is 9.18 Å². The van der Waals surface area contributed by atoms with Crippen molar-refractivity contribution in [3.8, 4) is 0 Å². The largest absolute Gasteiger partial charge is 0.322 e. The third-order valence-corrected chi connectivity index (χ3v) is 11.1. The van der Waals surface area contributed by atoms with Crippen molar-refractivity contribution in [3.05, 3.63) is 40.3 Å². The maximum atomic E-state index is 13.6. The van der Waals surface area contributed by atoms with Crippen LogP contribution in [-0.4, -0.2) is 35.1 Å². The van der Waals surface area contributed by atoms with Crippen LogP contribution in [0.3, 0.4) is 0 Å². The van der Waals surface area contributed by atoms with Crippen molar-refractivity contribution in [3.63, 3.8) is 0 Å². The molecule has 0 saturated heterocycles. The molecule has 2 aliphatic rings. The number of hydrogen-bond donors (Lipinski definition) is 3. The van der Waals surface area contributed by atoms with E-state index in [9.17, 15) is 14.0 Å². The Labute approximate surface area is 193 Å². The summed E-state index contributed by atoms with van der Waals surface area (Å²) in [5.41, 5.74) is 1.05. The molecule has 0 radical (unpaired) electrons. The van der Waals surface area contributed by atoms with Gasteiger partial charge >= 0.3 is 6.03 Å². The number of benzene rings is 1. The van der Waals surface area contributed by atoms with E-state index in [0.717, 1.165) is 30.5 Å². The lowest BCUT2D eigenvalue weighted by Gasteiger charge is -2.48. The lowest BCUT2D eigenvalue weighted by Crippen LogP contribution is -2.52. The van der Waals surface area contributed by atoms with Crippen molar-refractivity contribution in [2.75, 3.05) is 10.6 Å². The second kappa shape index (κ2) is 7.59. The van der Waals surface area contributed by atoms with Crippen LogP contribution >= 0.6 is 11.6 Å². The Kier molecular flexibility index (Phi) is 5.40. The Hall–Kier alpha value is -2.39. The summed E-state index contributed by atoms with van der Waals surface area (Å²) in [6.45, 7) is 10.7. The summed E-state index contributed by atoms with van der Waals surface area (Å²) in [4.78, 5) is 27.9. The molecule has 2 heterocycles. The standard InChI is InChI=1S/C22H29ClFN5O2Si/c1-21(2)17-14(12-29(21)20(31)25-16-11-13(24)7-8-15(16)23)18(28-27-17)26-19(30)22(9-6-10-22)32(3,4)5/h7-8,11H,6,9-10,12H2,1-5H3,(H,25,31)(H2,26,27,28,30). The molecule has 4 rings (SSSR count). The second-order valence-corrected chi connectivity index (χ2v) is 16.1. The van der Waals surface area contributed by atoms with Gasteiger partial charge in [0.25, 0.3) is 0 Å². The lowest BCUT2D eigenvalue weighted by atomic mass is 9.83. The Morgan fingerprint density at radius 2 is 1.91 bits per heavy atom. The minimum atomic E-state index is -1.73. The molecule has 3 amide bonds. The second-order valence-electron chi connectivity index (χ2n) is 10.3. The van der Waals surface area contributed by atoms with Gasteiger partial charge in [-0.05, 0) is 44.9 Å². The van der Waals surface area contributed by atoms with Crippen LogP contribution in [0.4, 0.5) is 20.7 Å². The minimum Gasteiger partial charge on any atom is -0.309 e. The van der Waals surface area contributed by atoms with Gasteiger partial charge in [-0.2, -0.15) is 5.10 Å². The summed E-state index contributed by atoms with van der Waals surface area (Å²) in [5.74, 6) is 0.0169. The molecule has 0 bridgehead atoms. The first-order valence-corrected chi connectivity index (χ1v) is 14.7. The average Bonchev–Trinajstić information content (AvgIpc) is 3.14. The molecule has 1 fully saturated rings. The highest BCUT2D eigenvalue weighted by Crippen LogP contribution is 2.56. The van der Waals surface area contributed by atoms with Gasteiger partial charge in [-0.15, -0.1) is 0 Å². The molecule has 0 unspecified atom stereocenters. The van der Waals surface area contributed by atoms with Gasteiger partial charge < -0.3 is 15.5 Å². The Bertz CT molecular complexity index is 1090. The number of carbonyl (C=O) groups is 2. The van der Waals surface area contributed by atoms with E-state index in [1.807, 2.05) is 13.8 Å². The first kappa shape index (κ1) is 22.8. The van der Waals surface area contributed by atoms with Crippen molar-refractivity contribution in [2.45, 2.75) is 69.9 Å². The van der Waals surface area contributed by atoms with E-state index in [1.54, 1.807) is 4.90 Å². The van der Waals surface area contributed by atoms with Crippen LogP contribution in [0, 0.1) is 5.82 Å². The Morgan fingerprint density at radius 3 is 2.50 bits per heavy atom. The molecule has 1 aromatic heterocycles. The number of hydrogen-bond acceptors (Lipinski definition) is 3. The van der Waals surface area contributed by atoms with Gasteiger partial charge in [0.15, 0.2) is 5.82 Å². The quantitative estimate of drug-likeness (QED) is 0.494. The maximum absolute atomic E-state index is 13.6. The molecule has 1 aliphatic carbocycles. The topological polar surface area (TPSA) is 90.1 Å². The number of rotatable bonds is 4. The predicted molar refractivity (Wildman–Crippen MR) is 126 cm³/mol. The predicted octanol–water partition coefficient (Wildman–Crippen LogP) is 5.69. The third-order valence-electron chi connectivity index (χ3n) is 7.19. The van der Waals surface area contributed by atoms with E-state index in [2.05, 4.69) is 40.5 Å². The Morgan fingerprint density at radius 1 is 1.22 bits per heavy atom. The molecular weight excluding hydrogens is 449 g/mol. The molecular formula is C22H29ClFN5O2Si. The average molecular weight is 478 g/mol. The molecule has 1 aromatic carbocycles. The van der Waals surface area contributed by atoms with Gasteiger partial charge in [0.2, 0.25) is 5.91 Å². The monoisotopic (exact) mass is 477 g/mol. The molecule has 10 heteroatoms. The van der Waals surface area contributed by atoms with Crippen LogP contribution in [0.2, 0.25) is 29.7 Å². The van der Waals surface area contributed by atoms with Crippen LogP contribution in [0.15, 0.2) is 18.2 Å². The van der Waals surface area contributed by atoms with Crippen molar-refractivity contribution in [1.29, 1.82) is 0 Å². The molecule has 172 valence electrons. The van der Waals surface area contributed by atoms with Gasteiger partial charge in [0, 0.05) is 10.6 Å². The van der Waals surface area contributed by atoms with Crippen molar-refractivity contribution in [1.82, 2.24) is 15.1 Å². The summed E-state index contributed by atoms with van der Waals surface area (Å²) in [5, 5.41) is 13.1. The zero-order chi connectivity index (χ0) is 23.5. The van der Waals surface area contributed by atoms with Crippen LogP contribution < -0.4 is 10.6 Å². The molecule has 1 saturated carbocycles. The molecule has 7 nitrogen and oxygen atoms in total. The number of nitrogens with one attached hydrogen (secondary N) is 3. The number of fused-ring (bicyclic) bond motifs is 1. The van der Waals surface area contributed by atoms with Gasteiger partial charge in [-0.3, -0.25) is 9.89 Å². The fraction of sp³-hybridized carbons (Fsp3) is 0.500. The van der Waals surface area contributed by atoms with Gasteiger partial charge in [0.1, 0.15) is 5.82 Å². The normalized spacial score (nSPS) is 18.7. The molecule has 2 aromatic rings. The van der Waals surface area contributed by atoms with Crippen LogP contribution in [0.25, 0.3) is 0 Å². The lowest BCUT2D eigenvalue weighted by molar-refractivity contribution is -0.121. The number of urea groups is 1. The van der Waals surface area contributed by atoms with Crippen molar-refractivity contribution >= 4 is 43.1 Å².